The Balaban J connectivity index is 1.17. The summed E-state index contributed by atoms with van der Waals surface area (Å²) in [5, 5.41) is 2.31. The standard InChI is InChI=1S/C49H34N6/c1-5-14-36(15-6-1)53(37-16-7-2-8-17-37)41-27-29-47-43(32-41)44-33-42(54(38-18-9-3-10-19-38)39-20-11-4-12-21-39)28-30-48(44)55(47)40-25-23-35(24-26-40)46-34-51-45-22-13-31-50-49(45)52-46/h1-34H. The van der Waals surface area contributed by atoms with Crippen LogP contribution >= 0.6 is 0 Å². The fourth-order valence-electron chi connectivity index (χ4n) is 7.53. The average molecular weight is 707 g/mol. The van der Waals surface area contributed by atoms with Gasteiger partial charge < -0.3 is 14.4 Å². The Bertz CT molecular complexity index is 2690. The monoisotopic (exact) mass is 706 g/mol. The zero-order valence-corrected chi connectivity index (χ0v) is 29.8. The predicted octanol–water partition coefficient (Wildman–Crippen LogP) is 12.7. The molecule has 0 aliphatic heterocycles. The lowest BCUT2D eigenvalue weighted by molar-refractivity contribution is 1.17. The predicted molar refractivity (Wildman–Crippen MR) is 226 cm³/mol. The van der Waals surface area contributed by atoms with Crippen LogP contribution in [0, 0.1) is 0 Å². The van der Waals surface area contributed by atoms with Crippen molar-refractivity contribution in [3.05, 3.63) is 207 Å². The number of fused-ring (bicyclic) bond motifs is 4. The van der Waals surface area contributed by atoms with Gasteiger partial charge in [0.15, 0.2) is 5.65 Å². The summed E-state index contributed by atoms with van der Waals surface area (Å²) in [4.78, 5) is 18.5. The highest BCUT2D eigenvalue weighted by atomic mass is 15.1. The van der Waals surface area contributed by atoms with Crippen LogP contribution in [0.2, 0.25) is 0 Å². The number of benzene rings is 7. The topological polar surface area (TPSA) is 50.1 Å². The van der Waals surface area contributed by atoms with Gasteiger partial charge in [0.2, 0.25) is 0 Å². The van der Waals surface area contributed by atoms with E-state index in [1.54, 1.807) is 6.20 Å². The molecule has 0 N–H and O–H groups in total. The molecule has 0 aliphatic carbocycles. The lowest BCUT2D eigenvalue weighted by Gasteiger charge is -2.26. The van der Waals surface area contributed by atoms with Gasteiger partial charge >= 0.3 is 0 Å². The number of aromatic nitrogens is 4. The van der Waals surface area contributed by atoms with E-state index in [-0.39, 0.29) is 0 Å². The van der Waals surface area contributed by atoms with Gasteiger partial charge in [0.25, 0.3) is 0 Å². The van der Waals surface area contributed by atoms with Gasteiger partial charge in [-0.25, -0.2) is 9.97 Å². The first-order valence-electron chi connectivity index (χ1n) is 18.4. The molecule has 10 aromatic rings. The van der Waals surface area contributed by atoms with E-state index in [0.717, 1.165) is 78.4 Å². The van der Waals surface area contributed by atoms with Gasteiger partial charge in [0.1, 0.15) is 5.52 Å². The molecule has 0 spiro atoms. The quantitative estimate of drug-likeness (QED) is 0.157. The molecule has 0 unspecified atom stereocenters. The van der Waals surface area contributed by atoms with E-state index in [1.165, 1.54) is 0 Å². The van der Waals surface area contributed by atoms with Gasteiger partial charge in [-0.05, 0) is 109 Å². The molecule has 0 bridgehead atoms. The summed E-state index contributed by atoms with van der Waals surface area (Å²) >= 11 is 0. The first-order chi connectivity index (χ1) is 27.3. The zero-order chi connectivity index (χ0) is 36.6. The van der Waals surface area contributed by atoms with E-state index in [4.69, 9.17) is 4.98 Å². The van der Waals surface area contributed by atoms with Crippen LogP contribution in [0.5, 0.6) is 0 Å². The maximum Gasteiger partial charge on any atom is 0.178 e. The highest BCUT2D eigenvalue weighted by molar-refractivity contribution is 6.12. The summed E-state index contributed by atoms with van der Waals surface area (Å²) in [7, 11) is 0. The normalized spacial score (nSPS) is 11.3. The van der Waals surface area contributed by atoms with E-state index < -0.39 is 0 Å². The maximum absolute atomic E-state index is 4.80. The van der Waals surface area contributed by atoms with E-state index in [2.05, 4.69) is 206 Å². The van der Waals surface area contributed by atoms with Crippen molar-refractivity contribution < 1.29 is 0 Å². The first-order valence-corrected chi connectivity index (χ1v) is 18.4. The summed E-state index contributed by atoms with van der Waals surface area (Å²) in [5.74, 6) is 0. The molecule has 55 heavy (non-hydrogen) atoms. The number of rotatable bonds is 8. The Morgan fingerprint density at radius 1 is 0.400 bits per heavy atom. The minimum Gasteiger partial charge on any atom is -0.310 e. The van der Waals surface area contributed by atoms with Gasteiger partial charge in [-0.1, -0.05) is 84.9 Å². The van der Waals surface area contributed by atoms with E-state index >= 15 is 0 Å². The second-order valence-corrected chi connectivity index (χ2v) is 13.4. The smallest absolute Gasteiger partial charge is 0.178 e. The molecule has 0 saturated carbocycles. The van der Waals surface area contributed by atoms with Gasteiger partial charge in [0.05, 0.1) is 22.9 Å². The summed E-state index contributed by atoms with van der Waals surface area (Å²) in [6, 6.07) is 68.3. The van der Waals surface area contributed by atoms with Crippen molar-refractivity contribution in [2.45, 2.75) is 0 Å². The van der Waals surface area contributed by atoms with Crippen molar-refractivity contribution in [3.8, 4) is 16.9 Å². The number of para-hydroxylation sites is 4. The van der Waals surface area contributed by atoms with Gasteiger partial charge in [-0.3, -0.25) is 4.98 Å². The van der Waals surface area contributed by atoms with Crippen molar-refractivity contribution in [1.29, 1.82) is 0 Å². The Morgan fingerprint density at radius 3 is 1.35 bits per heavy atom. The van der Waals surface area contributed by atoms with E-state index in [0.29, 0.717) is 5.65 Å². The maximum atomic E-state index is 4.80. The average Bonchev–Trinajstić information content (AvgIpc) is 3.58. The van der Waals surface area contributed by atoms with Gasteiger partial charge in [-0.15, -0.1) is 0 Å². The second kappa shape index (κ2) is 13.8. The minimum atomic E-state index is 0.637. The molecular weight excluding hydrogens is 673 g/mol. The molecule has 7 aromatic carbocycles. The largest absolute Gasteiger partial charge is 0.310 e. The fraction of sp³-hybridized carbons (Fsp3) is 0. The zero-order valence-electron chi connectivity index (χ0n) is 29.8. The molecule has 3 aromatic heterocycles. The van der Waals surface area contributed by atoms with E-state index in [1.807, 2.05) is 18.3 Å². The number of hydrogen-bond donors (Lipinski definition) is 0. The SMILES string of the molecule is c1ccc(N(c2ccccc2)c2ccc3c(c2)c2cc(N(c4ccccc4)c4ccccc4)ccc2n3-c2ccc(-c3cnc4cccnc4n3)cc2)cc1. The molecule has 0 fully saturated rings. The second-order valence-electron chi connectivity index (χ2n) is 13.4. The van der Waals surface area contributed by atoms with Crippen LogP contribution < -0.4 is 9.80 Å². The molecule has 0 aliphatic rings. The molecule has 3 heterocycles. The van der Waals surface area contributed by atoms with Crippen LogP contribution in [0.4, 0.5) is 34.1 Å². The Kier molecular flexibility index (Phi) is 8.04. The van der Waals surface area contributed by atoms with Crippen LogP contribution in [0.15, 0.2) is 207 Å². The van der Waals surface area contributed by atoms with Crippen LogP contribution in [-0.4, -0.2) is 19.5 Å². The molecule has 0 saturated heterocycles. The third-order valence-electron chi connectivity index (χ3n) is 10.0. The third-order valence-corrected chi connectivity index (χ3v) is 10.0. The number of anilines is 6. The molecule has 0 radical (unpaired) electrons. The Morgan fingerprint density at radius 2 is 0.873 bits per heavy atom. The highest BCUT2D eigenvalue weighted by Crippen LogP contribution is 2.42. The van der Waals surface area contributed by atoms with Crippen molar-refractivity contribution >= 4 is 67.1 Å². The molecule has 10 rings (SSSR count). The summed E-state index contributed by atoms with van der Waals surface area (Å²) in [5.41, 5.74) is 13.0. The van der Waals surface area contributed by atoms with Crippen molar-refractivity contribution in [2.24, 2.45) is 0 Å². The summed E-state index contributed by atoms with van der Waals surface area (Å²) in [6.45, 7) is 0. The minimum absolute atomic E-state index is 0.637. The number of hydrogen-bond acceptors (Lipinski definition) is 5. The third kappa shape index (κ3) is 5.92. The van der Waals surface area contributed by atoms with Gasteiger partial charge in [0, 0.05) is 62.3 Å². The summed E-state index contributed by atoms with van der Waals surface area (Å²) in [6.07, 6.45) is 3.57. The lowest BCUT2D eigenvalue weighted by atomic mass is 10.1. The van der Waals surface area contributed by atoms with Gasteiger partial charge in [-0.2, -0.15) is 0 Å². The van der Waals surface area contributed by atoms with E-state index in [9.17, 15) is 0 Å². The highest BCUT2D eigenvalue weighted by Gasteiger charge is 2.20. The molecular formula is C49H34N6. The Hall–Kier alpha value is -7.57. The molecule has 260 valence electrons. The molecule has 0 amide bonds. The van der Waals surface area contributed by atoms with Crippen LogP contribution in [0.25, 0.3) is 49.9 Å². The van der Waals surface area contributed by atoms with Crippen LogP contribution in [-0.2, 0) is 0 Å². The van der Waals surface area contributed by atoms with Crippen LogP contribution in [0.1, 0.15) is 0 Å². The fourth-order valence-corrected chi connectivity index (χ4v) is 7.53. The lowest BCUT2D eigenvalue weighted by Crippen LogP contribution is -2.09. The number of nitrogens with zero attached hydrogens (tertiary/aromatic N) is 6. The van der Waals surface area contributed by atoms with Crippen molar-refractivity contribution in [2.75, 3.05) is 9.80 Å². The van der Waals surface area contributed by atoms with Crippen molar-refractivity contribution in [3.63, 3.8) is 0 Å². The number of pyridine rings is 1. The Labute approximate surface area is 318 Å². The van der Waals surface area contributed by atoms with Crippen molar-refractivity contribution in [1.82, 2.24) is 19.5 Å². The molecule has 0 atom stereocenters. The first kappa shape index (κ1) is 32.1. The molecule has 6 nitrogen and oxygen atoms in total. The molecule has 6 heteroatoms. The summed E-state index contributed by atoms with van der Waals surface area (Å²) < 4.78 is 2.36. The van der Waals surface area contributed by atoms with Crippen LogP contribution in [0.3, 0.4) is 0 Å².